The Morgan fingerprint density at radius 3 is 2.72 bits per heavy atom. The standard InChI is InChI=1S/C20H20BNO7/c1-2-16(23)10-15-9-13-5-3-7-17(18(13)29-21(15)26)20(25)28-12-27-19(24)14-6-4-8-22-11-14/h3-8,11,15,26H,2,9-10,12H2,1H3/t15-/m1/s1. The van der Waals surface area contributed by atoms with E-state index in [2.05, 4.69) is 4.98 Å². The SMILES string of the molecule is CCC(=O)C[C@H]1Cc2cccc(C(=O)OCOC(=O)c3cccnc3)c2OB1O. The molecule has 2 heterocycles. The van der Waals surface area contributed by atoms with E-state index in [-0.39, 0.29) is 34.9 Å². The lowest BCUT2D eigenvalue weighted by molar-refractivity contribution is -0.118. The highest BCUT2D eigenvalue weighted by atomic mass is 16.7. The van der Waals surface area contributed by atoms with Crippen LogP contribution in [0.2, 0.25) is 5.82 Å². The lowest BCUT2D eigenvalue weighted by Crippen LogP contribution is -2.35. The van der Waals surface area contributed by atoms with Gasteiger partial charge in [0.2, 0.25) is 6.79 Å². The van der Waals surface area contributed by atoms with E-state index in [9.17, 15) is 19.4 Å². The maximum Gasteiger partial charge on any atom is 0.526 e. The minimum Gasteiger partial charge on any atom is -0.535 e. The number of pyridine rings is 1. The Balaban J connectivity index is 1.63. The van der Waals surface area contributed by atoms with Crippen LogP contribution in [-0.2, 0) is 20.7 Å². The smallest absolute Gasteiger partial charge is 0.526 e. The second kappa shape index (κ2) is 9.33. The molecular formula is C20H20BNO7. The van der Waals surface area contributed by atoms with E-state index in [0.29, 0.717) is 18.4 Å². The van der Waals surface area contributed by atoms with Crippen LogP contribution in [0.5, 0.6) is 5.75 Å². The molecule has 0 radical (unpaired) electrons. The van der Waals surface area contributed by atoms with Gasteiger partial charge in [-0.05, 0) is 30.2 Å². The Morgan fingerprint density at radius 1 is 1.21 bits per heavy atom. The van der Waals surface area contributed by atoms with Crippen LogP contribution in [0.3, 0.4) is 0 Å². The van der Waals surface area contributed by atoms with Crippen LogP contribution in [-0.4, -0.2) is 41.6 Å². The Kier molecular flexibility index (Phi) is 6.61. The third-order valence-corrected chi connectivity index (χ3v) is 4.60. The van der Waals surface area contributed by atoms with Crippen molar-refractivity contribution >= 4 is 24.8 Å². The van der Waals surface area contributed by atoms with Crippen LogP contribution >= 0.6 is 0 Å². The predicted molar refractivity (Wildman–Crippen MR) is 102 cm³/mol. The molecule has 1 aromatic carbocycles. The van der Waals surface area contributed by atoms with Gasteiger partial charge < -0.3 is 19.2 Å². The summed E-state index contributed by atoms with van der Waals surface area (Å²) in [6, 6.07) is 8.04. The Hall–Kier alpha value is -3.20. The van der Waals surface area contributed by atoms with Gasteiger partial charge in [0.05, 0.1) is 5.56 Å². The van der Waals surface area contributed by atoms with Gasteiger partial charge in [-0.1, -0.05) is 19.1 Å². The van der Waals surface area contributed by atoms with Gasteiger partial charge in [-0.3, -0.25) is 9.78 Å². The summed E-state index contributed by atoms with van der Waals surface area (Å²) >= 11 is 0. The molecule has 0 amide bonds. The third-order valence-electron chi connectivity index (χ3n) is 4.60. The lowest BCUT2D eigenvalue weighted by Gasteiger charge is -2.28. The zero-order chi connectivity index (χ0) is 20.8. The normalized spacial score (nSPS) is 15.1. The van der Waals surface area contributed by atoms with Crippen LogP contribution in [0.15, 0.2) is 42.7 Å². The number of ether oxygens (including phenoxy) is 2. The fraction of sp³-hybridized carbons (Fsp3) is 0.300. The Labute approximate surface area is 167 Å². The molecule has 0 saturated carbocycles. The van der Waals surface area contributed by atoms with Gasteiger partial charge in [0.25, 0.3) is 0 Å². The minimum absolute atomic E-state index is 0.0343. The molecule has 1 aliphatic heterocycles. The van der Waals surface area contributed by atoms with Crippen molar-refractivity contribution in [3.63, 3.8) is 0 Å². The van der Waals surface area contributed by atoms with Gasteiger partial charge in [-0.25, -0.2) is 9.59 Å². The van der Waals surface area contributed by atoms with Crippen LogP contribution < -0.4 is 4.65 Å². The molecule has 3 rings (SSSR count). The number of ketones is 1. The lowest BCUT2D eigenvalue weighted by atomic mass is 9.64. The van der Waals surface area contributed by atoms with Crippen molar-refractivity contribution in [2.75, 3.05) is 6.79 Å². The molecule has 1 N–H and O–H groups in total. The van der Waals surface area contributed by atoms with Crippen LogP contribution in [0, 0.1) is 0 Å². The summed E-state index contributed by atoms with van der Waals surface area (Å²) in [6.45, 7) is 1.19. The average molecular weight is 397 g/mol. The molecule has 0 fully saturated rings. The quantitative estimate of drug-likeness (QED) is 0.430. The molecule has 0 saturated heterocycles. The van der Waals surface area contributed by atoms with Gasteiger partial charge in [-0.15, -0.1) is 0 Å². The molecule has 0 bridgehead atoms. The van der Waals surface area contributed by atoms with Crippen molar-refractivity contribution in [1.29, 1.82) is 0 Å². The van der Waals surface area contributed by atoms with E-state index in [1.807, 2.05) is 0 Å². The molecule has 8 nitrogen and oxygen atoms in total. The second-order valence-electron chi connectivity index (χ2n) is 6.59. The highest BCUT2D eigenvalue weighted by Crippen LogP contribution is 2.36. The van der Waals surface area contributed by atoms with E-state index < -0.39 is 25.8 Å². The van der Waals surface area contributed by atoms with Crippen LogP contribution in [0.25, 0.3) is 0 Å². The molecule has 1 aromatic heterocycles. The first-order valence-electron chi connectivity index (χ1n) is 9.22. The molecule has 29 heavy (non-hydrogen) atoms. The number of para-hydroxylation sites is 1. The maximum absolute atomic E-state index is 12.4. The van der Waals surface area contributed by atoms with Crippen molar-refractivity contribution in [3.8, 4) is 5.75 Å². The number of esters is 2. The van der Waals surface area contributed by atoms with Gasteiger partial charge in [0.15, 0.2) is 0 Å². The van der Waals surface area contributed by atoms with Gasteiger partial charge in [-0.2, -0.15) is 0 Å². The highest BCUT2D eigenvalue weighted by Gasteiger charge is 2.37. The molecular weight excluding hydrogens is 377 g/mol. The van der Waals surface area contributed by atoms with Crippen molar-refractivity contribution in [3.05, 3.63) is 59.4 Å². The number of nitrogens with zero attached hydrogens (tertiary/aromatic N) is 1. The van der Waals surface area contributed by atoms with Crippen molar-refractivity contribution in [2.24, 2.45) is 0 Å². The monoisotopic (exact) mass is 397 g/mol. The van der Waals surface area contributed by atoms with Crippen LogP contribution in [0.1, 0.15) is 46.0 Å². The highest BCUT2D eigenvalue weighted by molar-refractivity contribution is 6.47. The number of Topliss-reactive ketones (excluding diaryl/α,β-unsaturated/α-hetero) is 1. The number of hydrogen-bond donors (Lipinski definition) is 1. The summed E-state index contributed by atoms with van der Waals surface area (Å²) in [6.07, 6.45) is 3.86. The van der Waals surface area contributed by atoms with E-state index in [1.165, 1.54) is 24.5 Å². The molecule has 150 valence electrons. The summed E-state index contributed by atoms with van der Waals surface area (Å²) in [7, 11) is -1.20. The Bertz CT molecular complexity index is 903. The van der Waals surface area contributed by atoms with Crippen molar-refractivity contribution < 1.29 is 33.5 Å². The van der Waals surface area contributed by atoms with E-state index in [0.717, 1.165) is 0 Å². The summed E-state index contributed by atoms with van der Waals surface area (Å²) in [5.74, 6) is -1.55. The molecule has 0 unspecified atom stereocenters. The largest absolute Gasteiger partial charge is 0.535 e. The summed E-state index contributed by atoms with van der Waals surface area (Å²) in [5, 5.41) is 10.2. The summed E-state index contributed by atoms with van der Waals surface area (Å²) in [5.41, 5.74) is 1.05. The number of aromatic nitrogens is 1. The first-order chi connectivity index (χ1) is 14.0. The number of benzene rings is 1. The topological polar surface area (TPSA) is 112 Å². The number of carbonyl (C=O) groups excluding carboxylic acids is 3. The van der Waals surface area contributed by atoms with Crippen molar-refractivity contribution in [1.82, 2.24) is 4.98 Å². The molecule has 0 aliphatic carbocycles. The first kappa shape index (κ1) is 20.5. The first-order valence-corrected chi connectivity index (χ1v) is 9.22. The van der Waals surface area contributed by atoms with E-state index in [4.69, 9.17) is 14.1 Å². The number of rotatable bonds is 7. The summed E-state index contributed by atoms with van der Waals surface area (Å²) in [4.78, 5) is 39.8. The summed E-state index contributed by atoms with van der Waals surface area (Å²) < 4.78 is 15.4. The Morgan fingerprint density at radius 2 is 2.00 bits per heavy atom. The van der Waals surface area contributed by atoms with E-state index in [1.54, 1.807) is 25.1 Å². The van der Waals surface area contributed by atoms with Gasteiger partial charge in [0.1, 0.15) is 17.1 Å². The molecule has 9 heteroatoms. The maximum atomic E-state index is 12.4. The fourth-order valence-electron chi connectivity index (χ4n) is 3.04. The molecule has 2 aromatic rings. The average Bonchev–Trinajstić information content (AvgIpc) is 2.74. The van der Waals surface area contributed by atoms with Crippen LogP contribution in [0.4, 0.5) is 0 Å². The predicted octanol–water partition coefficient (Wildman–Crippen LogP) is 2.21. The molecule has 0 spiro atoms. The number of carbonyl (C=O) groups is 3. The van der Waals surface area contributed by atoms with Gasteiger partial charge in [0, 0.05) is 31.1 Å². The second-order valence-corrected chi connectivity index (χ2v) is 6.59. The number of fused-ring (bicyclic) bond motifs is 1. The zero-order valence-corrected chi connectivity index (χ0v) is 15.9. The minimum atomic E-state index is -1.20. The zero-order valence-electron chi connectivity index (χ0n) is 15.9. The third kappa shape index (κ3) is 5.00. The van der Waals surface area contributed by atoms with E-state index >= 15 is 0 Å². The van der Waals surface area contributed by atoms with Gasteiger partial charge >= 0.3 is 19.1 Å². The fourth-order valence-corrected chi connectivity index (χ4v) is 3.04. The number of hydrogen-bond acceptors (Lipinski definition) is 8. The van der Waals surface area contributed by atoms with Crippen molar-refractivity contribution in [2.45, 2.75) is 32.0 Å². The molecule has 1 atom stereocenters. The molecule has 1 aliphatic rings.